The van der Waals surface area contributed by atoms with E-state index in [9.17, 15) is 0 Å². The minimum absolute atomic E-state index is 0.0354. The molecule has 15 heavy (non-hydrogen) atoms. The number of hydrogen-bond acceptors (Lipinski definition) is 2. The third kappa shape index (κ3) is 2.86. The molecule has 1 atom stereocenters. The molecule has 0 aliphatic carbocycles. The van der Waals surface area contributed by atoms with Gasteiger partial charge in [-0.1, -0.05) is 17.7 Å². The van der Waals surface area contributed by atoms with Crippen molar-refractivity contribution >= 4 is 17.3 Å². The molecule has 0 saturated carbocycles. The highest BCUT2D eigenvalue weighted by Crippen LogP contribution is 2.28. The molecule has 1 aromatic rings. The van der Waals surface area contributed by atoms with Crippen LogP contribution in [-0.2, 0) is 0 Å². The van der Waals surface area contributed by atoms with E-state index in [2.05, 4.69) is 18.7 Å². The van der Waals surface area contributed by atoms with E-state index in [1.165, 1.54) is 0 Å². The van der Waals surface area contributed by atoms with E-state index < -0.39 is 0 Å². The van der Waals surface area contributed by atoms with Gasteiger partial charge in [0, 0.05) is 19.1 Å². The van der Waals surface area contributed by atoms with Crippen LogP contribution in [0.25, 0.3) is 0 Å². The van der Waals surface area contributed by atoms with Crippen molar-refractivity contribution in [1.82, 2.24) is 0 Å². The van der Waals surface area contributed by atoms with Crippen molar-refractivity contribution in [2.45, 2.75) is 26.8 Å². The lowest BCUT2D eigenvalue weighted by atomic mass is 10.1. The average Bonchev–Trinajstić information content (AvgIpc) is 2.21. The first kappa shape index (κ1) is 12.3. The molecule has 84 valence electrons. The first-order chi connectivity index (χ1) is 7.10. The van der Waals surface area contributed by atoms with Crippen LogP contribution in [0.15, 0.2) is 18.2 Å². The Morgan fingerprint density at radius 2 is 1.93 bits per heavy atom. The van der Waals surface area contributed by atoms with E-state index in [0.29, 0.717) is 0 Å². The molecule has 0 heterocycles. The Morgan fingerprint density at radius 1 is 1.33 bits per heavy atom. The number of anilines is 1. The van der Waals surface area contributed by atoms with E-state index in [0.717, 1.165) is 29.4 Å². The zero-order chi connectivity index (χ0) is 11.4. The summed E-state index contributed by atoms with van der Waals surface area (Å²) in [5.74, 6) is 0. The van der Waals surface area contributed by atoms with Gasteiger partial charge in [-0.25, -0.2) is 0 Å². The highest BCUT2D eigenvalue weighted by molar-refractivity contribution is 6.33. The molecule has 0 unspecified atom stereocenters. The quantitative estimate of drug-likeness (QED) is 0.855. The van der Waals surface area contributed by atoms with E-state index in [-0.39, 0.29) is 6.04 Å². The van der Waals surface area contributed by atoms with E-state index in [1.54, 1.807) is 0 Å². The molecule has 0 aliphatic rings. The molecule has 0 radical (unpaired) electrons. The smallest absolute Gasteiger partial charge is 0.0642 e. The molecular weight excluding hydrogens is 208 g/mol. The highest BCUT2D eigenvalue weighted by Gasteiger charge is 2.08. The molecule has 2 N–H and O–H groups in total. The van der Waals surface area contributed by atoms with Gasteiger partial charge in [-0.3, -0.25) is 0 Å². The molecule has 0 saturated heterocycles. The zero-order valence-electron chi connectivity index (χ0n) is 9.63. The van der Waals surface area contributed by atoms with Gasteiger partial charge in [-0.05, 0) is 38.5 Å². The predicted octanol–water partition coefficient (Wildman–Crippen LogP) is 3.21. The molecule has 0 aromatic heterocycles. The van der Waals surface area contributed by atoms with Crippen LogP contribution in [0.4, 0.5) is 5.69 Å². The second kappa shape index (κ2) is 5.38. The summed E-state index contributed by atoms with van der Waals surface area (Å²) in [4.78, 5) is 2.23. The number of hydrogen-bond donors (Lipinski definition) is 1. The predicted molar refractivity (Wildman–Crippen MR) is 67.6 cm³/mol. The molecule has 1 rings (SSSR count). The van der Waals surface area contributed by atoms with Crippen LogP contribution in [0.1, 0.15) is 32.4 Å². The molecule has 0 fully saturated rings. The Morgan fingerprint density at radius 3 is 2.33 bits per heavy atom. The summed E-state index contributed by atoms with van der Waals surface area (Å²) in [6.45, 7) is 8.14. The fourth-order valence-electron chi connectivity index (χ4n) is 1.63. The maximum Gasteiger partial charge on any atom is 0.0642 e. The molecule has 0 bridgehead atoms. The SMILES string of the molecule is CCN(CC)c1ccc([C@@H](C)N)cc1Cl. The van der Waals surface area contributed by atoms with Gasteiger partial charge in [0.05, 0.1) is 10.7 Å². The largest absolute Gasteiger partial charge is 0.371 e. The minimum Gasteiger partial charge on any atom is -0.371 e. The fourth-order valence-corrected chi connectivity index (χ4v) is 1.94. The number of benzene rings is 1. The van der Waals surface area contributed by atoms with E-state index in [4.69, 9.17) is 17.3 Å². The van der Waals surface area contributed by atoms with Gasteiger partial charge in [-0.15, -0.1) is 0 Å². The van der Waals surface area contributed by atoms with Crippen molar-refractivity contribution < 1.29 is 0 Å². The van der Waals surface area contributed by atoms with Crippen LogP contribution in [0.5, 0.6) is 0 Å². The molecule has 0 spiro atoms. The van der Waals surface area contributed by atoms with Gasteiger partial charge in [0.2, 0.25) is 0 Å². The molecule has 3 heteroatoms. The standard InChI is InChI=1S/C12H19ClN2/c1-4-15(5-2)12-7-6-10(9(3)14)8-11(12)13/h6-9H,4-5,14H2,1-3H3/t9-/m1/s1. The molecule has 0 aliphatic heterocycles. The topological polar surface area (TPSA) is 29.3 Å². The van der Waals surface area contributed by atoms with Crippen molar-refractivity contribution in [3.63, 3.8) is 0 Å². The number of rotatable bonds is 4. The van der Waals surface area contributed by atoms with Crippen molar-refractivity contribution in [2.24, 2.45) is 5.73 Å². The minimum atomic E-state index is 0.0354. The third-order valence-electron chi connectivity index (χ3n) is 2.60. The monoisotopic (exact) mass is 226 g/mol. The van der Waals surface area contributed by atoms with Crippen molar-refractivity contribution in [3.8, 4) is 0 Å². The van der Waals surface area contributed by atoms with E-state index >= 15 is 0 Å². The van der Waals surface area contributed by atoms with Gasteiger partial charge in [0.25, 0.3) is 0 Å². The lowest BCUT2D eigenvalue weighted by Crippen LogP contribution is -2.22. The molecule has 2 nitrogen and oxygen atoms in total. The van der Waals surface area contributed by atoms with Crippen molar-refractivity contribution in [1.29, 1.82) is 0 Å². The summed E-state index contributed by atoms with van der Waals surface area (Å²) in [5, 5.41) is 0.786. The van der Waals surface area contributed by atoms with Crippen LogP contribution in [0.3, 0.4) is 0 Å². The molecular formula is C12H19ClN2. The number of nitrogens with zero attached hydrogens (tertiary/aromatic N) is 1. The fraction of sp³-hybridized carbons (Fsp3) is 0.500. The lowest BCUT2D eigenvalue weighted by molar-refractivity contribution is 0.815. The normalized spacial score (nSPS) is 12.6. The summed E-state index contributed by atoms with van der Waals surface area (Å²) < 4.78 is 0. The third-order valence-corrected chi connectivity index (χ3v) is 2.90. The van der Waals surface area contributed by atoms with Crippen LogP contribution in [0, 0.1) is 0 Å². The Hall–Kier alpha value is -0.730. The summed E-state index contributed by atoms with van der Waals surface area (Å²) in [6.07, 6.45) is 0. The zero-order valence-corrected chi connectivity index (χ0v) is 10.4. The van der Waals surface area contributed by atoms with E-state index in [1.807, 2.05) is 25.1 Å². The van der Waals surface area contributed by atoms with Gasteiger partial charge < -0.3 is 10.6 Å². The van der Waals surface area contributed by atoms with Crippen LogP contribution >= 0.6 is 11.6 Å². The first-order valence-corrected chi connectivity index (χ1v) is 5.77. The van der Waals surface area contributed by atoms with Gasteiger partial charge >= 0.3 is 0 Å². The van der Waals surface area contributed by atoms with Crippen molar-refractivity contribution in [3.05, 3.63) is 28.8 Å². The van der Waals surface area contributed by atoms with Gasteiger partial charge in [-0.2, -0.15) is 0 Å². The first-order valence-electron chi connectivity index (χ1n) is 5.40. The van der Waals surface area contributed by atoms with Crippen LogP contribution in [0.2, 0.25) is 5.02 Å². The van der Waals surface area contributed by atoms with Crippen molar-refractivity contribution in [2.75, 3.05) is 18.0 Å². The summed E-state index contributed by atoms with van der Waals surface area (Å²) in [5.41, 5.74) is 7.97. The Labute approximate surface area is 97.0 Å². The second-order valence-corrected chi connectivity index (χ2v) is 4.08. The second-order valence-electron chi connectivity index (χ2n) is 3.67. The van der Waals surface area contributed by atoms with Gasteiger partial charge in [0.1, 0.15) is 0 Å². The highest BCUT2D eigenvalue weighted by atomic mass is 35.5. The summed E-state index contributed by atoms with van der Waals surface area (Å²) in [6, 6.07) is 6.09. The maximum atomic E-state index is 6.23. The van der Waals surface area contributed by atoms with Crippen LogP contribution < -0.4 is 10.6 Å². The summed E-state index contributed by atoms with van der Waals surface area (Å²) in [7, 11) is 0. The Balaban J connectivity index is 3.02. The molecule has 1 aromatic carbocycles. The van der Waals surface area contributed by atoms with Crippen LogP contribution in [-0.4, -0.2) is 13.1 Å². The average molecular weight is 227 g/mol. The maximum absolute atomic E-state index is 6.23. The number of nitrogens with two attached hydrogens (primary N) is 1. The summed E-state index contributed by atoms with van der Waals surface area (Å²) >= 11 is 6.23. The lowest BCUT2D eigenvalue weighted by Gasteiger charge is -2.23. The number of halogens is 1. The Kier molecular flexibility index (Phi) is 4.43. The molecule has 0 amide bonds. The van der Waals surface area contributed by atoms with Gasteiger partial charge in [0.15, 0.2) is 0 Å². The Bertz CT molecular complexity index is 319.